The van der Waals surface area contributed by atoms with E-state index in [1.807, 2.05) is 16.7 Å². The molecule has 0 spiro atoms. The molecule has 0 aliphatic rings. The fourth-order valence-corrected chi connectivity index (χ4v) is 2.44. The monoisotopic (exact) mass is 294 g/mol. The summed E-state index contributed by atoms with van der Waals surface area (Å²) in [5.74, 6) is 0.599. The quantitative estimate of drug-likeness (QED) is 0.634. The first kappa shape index (κ1) is 12.5. The summed E-state index contributed by atoms with van der Waals surface area (Å²) in [5, 5.41) is 0.609. The fourth-order valence-electron chi connectivity index (χ4n) is 2.10. The number of benzene rings is 2. The molecule has 3 rings (SSSR count). The first-order chi connectivity index (χ1) is 9.19. The number of halogens is 3. The molecule has 0 aliphatic heterocycles. The smallest absolute Gasteiger partial charge is 0.129 e. The molecule has 1 heterocycles. The summed E-state index contributed by atoms with van der Waals surface area (Å²) >= 11 is 11.9. The number of rotatable bonds is 2. The predicted octanol–water partition coefficient (Wildman–Crippen LogP) is 4.56. The molecule has 96 valence electrons. The van der Waals surface area contributed by atoms with Crippen LogP contribution in [0.15, 0.2) is 42.5 Å². The van der Waals surface area contributed by atoms with Crippen molar-refractivity contribution in [3.63, 3.8) is 0 Å². The minimum atomic E-state index is -0.297. The van der Waals surface area contributed by atoms with Crippen molar-refractivity contribution >= 4 is 34.2 Å². The van der Waals surface area contributed by atoms with Gasteiger partial charge < -0.3 is 0 Å². The molecule has 0 saturated heterocycles. The number of hydrogen-bond donors (Lipinski definition) is 0. The molecule has 1 aromatic heterocycles. The Hall–Kier alpha value is -1.58. The van der Waals surface area contributed by atoms with Gasteiger partial charge >= 0.3 is 0 Å². The number of aromatic nitrogens is 2. The lowest BCUT2D eigenvalue weighted by Gasteiger charge is -2.07. The van der Waals surface area contributed by atoms with Crippen molar-refractivity contribution in [1.82, 2.24) is 9.55 Å². The number of imidazole rings is 1. The third kappa shape index (κ3) is 2.20. The van der Waals surface area contributed by atoms with Gasteiger partial charge in [0, 0.05) is 5.02 Å². The summed E-state index contributed by atoms with van der Waals surface area (Å²) in [4.78, 5) is 4.42. The van der Waals surface area contributed by atoms with Gasteiger partial charge in [-0.15, -0.1) is 11.6 Å². The number of fused-ring (bicyclic) bond motifs is 1. The van der Waals surface area contributed by atoms with Crippen LogP contribution in [0.25, 0.3) is 16.7 Å². The van der Waals surface area contributed by atoms with E-state index in [0.717, 1.165) is 11.0 Å². The molecular formula is C14H9Cl2FN2. The summed E-state index contributed by atoms with van der Waals surface area (Å²) in [6, 6.07) is 11.7. The van der Waals surface area contributed by atoms with Crippen LogP contribution in [0, 0.1) is 5.82 Å². The lowest BCUT2D eigenvalue weighted by molar-refractivity contribution is 0.626. The summed E-state index contributed by atoms with van der Waals surface area (Å²) in [5.41, 5.74) is 2.29. The van der Waals surface area contributed by atoms with E-state index in [2.05, 4.69) is 4.98 Å². The Morgan fingerprint density at radius 2 is 2.00 bits per heavy atom. The van der Waals surface area contributed by atoms with Gasteiger partial charge in [-0.05, 0) is 36.4 Å². The highest BCUT2D eigenvalue weighted by atomic mass is 35.5. The van der Waals surface area contributed by atoms with Crippen LogP contribution in [0.3, 0.4) is 0 Å². The van der Waals surface area contributed by atoms with Gasteiger partial charge in [0.15, 0.2) is 0 Å². The number of hydrogen-bond acceptors (Lipinski definition) is 1. The van der Waals surface area contributed by atoms with E-state index in [1.165, 1.54) is 12.1 Å². The van der Waals surface area contributed by atoms with Crippen molar-refractivity contribution in [2.75, 3.05) is 0 Å². The van der Waals surface area contributed by atoms with Crippen LogP contribution >= 0.6 is 23.2 Å². The van der Waals surface area contributed by atoms with Gasteiger partial charge in [-0.2, -0.15) is 0 Å². The maximum atomic E-state index is 13.4. The van der Waals surface area contributed by atoms with E-state index in [4.69, 9.17) is 23.2 Å². The Labute approximate surface area is 119 Å². The summed E-state index contributed by atoms with van der Waals surface area (Å²) < 4.78 is 15.2. The highest BCUT2D eigenvalue weighted by molar-refractivity contribution is 6.31. The third-order valence-electron chi connectivity index (χ3n) is 2.87. The summed E-state index contributed by atoms with van der Waals surface area (Å²) in [7, 11) is 0. The fraction of sp³-hybridized carbons (Fsp3) is 0.0714. The largest absolute Gasteiger partial charge is 0.295 e. The first-order valence-corrected chi connectivity index (χ1v) is 6.59. The second kappa shape index (κ2) is 4.83. The van der Waals surface area contributed by atoms with Gasteiger partial charge in [-0.3, -0.25) is 4.57 Å². The Kier molecular flexibility index (Phi) is 3.17. The van der Waals surface area contributed by atoms with E-state index >= 15 is 0 Å². The van der Waals surface area contributed by atoms with E-state index in [-0.39, 0.29) is 11.7 Å². The lowest BCUT2D eigenvalue weighted by atomic mass is 10.2. The van der Waals surface area contributed by atoms with Crippen LogP contribution in [0.1, 0.15) is 5.82 Å². The van der Waals surface area contributed by atoms with Gasteiger partial charge in [0.05, 0.1) is 22.6 Å². The Balaban J connectivity index is 2.32. The zero-order valence-electron chi connectivity index (χ0n) is 9.78. The van der Waals surface area contributed by atoms with E-state index in [9.17, 15) is 4.39 Å². The molecule has 0 atom stereocenters. The van der Waals surface area contributed by atoms with Crippen molar-refractivity contribution in [3.05, 3.63) is 59.1 Å². The first-order valence-electron chi connectivity index (χ1n) is 5.68. The van der Waals surface area contributed by atoms with Crippen molar-refractivity contribution in [2.45, 2.75) is 5.88 Å². The molecule has 0 amide bonds. The van der Waals surface area contributed by atoms with Gasteiger partial charge in [0.1, 0.15) is 11.6 Å². The number of nitrogens with zero attached hydrogens (tertiary/aromatic N) is 2. The van der Waals surface area contributed by atoms with E-state index < -0.39 is 0 Å². The van der Waals surface area contributed by atoms with Gasteiger partial charge in [0.25, 0.3) is 0 Å². The average Bonchev–Trinajstić information content (AvgIpc) is 2.76. The second-order valence-corrected chi connectivity index (χ2v) is 4.81. The maximum Gasteiger partial charge on any atom is 0.129 e. The van der Waals surface area contributed by atoms with Crippen molar-refractivity contribution < 1.29 is 4.39 Å². The molecular weight excluding hydrogens is 286 g/mol. The average molecular weight is 295 g/mol. The standard InChI is InChI=1S/C14H9Cl2FN2/c15-8-14-18-12-6-9(16)4-5-13(12)19(14)11-3-1-2-10(17)7-11/h1-7H,8H2. The van der Waals surface area contributed by atoms with Crippen LogP contribution < -0.4 is 0 Å². The molecule has 2 nitrogen and oxygen atoms in total. The van der Waals surface area contributed by atoms with Crippen molar-refractivity contribution in [2.24, 2.45) is 0 Å². The van der Waals surface area contributed by atoms with Crippen molar-refractivity contribution in [3.8, 4) is 5.69 Å². The number of alkyl halides is 1. The molecule has 0 saturated carbocycles. The van der Waals surface area contributed by atoms with Crippen LogP contribution in [0.2, 0.25) is 5.02 Å². The van der Waals surface area contributed by atoms with Crippen molar-refractivity contribution in [1.29, 1.82) is 0 Å². The Morgan fingerprint density at radius 1 is 1.16 bits per heavy atom. The van der Waals surface area contributed by atoms with Crippen LogP contribution in [-0.4, -0.2) is 9.55 Å². The minimum absolute atomic E-state index is 0.239. The SMILES string of the molecule is Fc1cccc(-n2c(CCl)nc3cc(Cl)ccc32)c1. The molecule has 19 heavy (non-hydrogen) atoms. The molecule has 0 bridgehead atoms. The zero-order valence-corrected chi connectivity index (χ0v) is 11.3. The molecule has 5 heteroatoms. The summed E-state index contributed by atoms with van der Waals surface area (Å²) in [6.45, 7) is 0. The Morgan fingerprint density at radius 3 is 2.74 bits per heavy atom. The third-order valence-corrected chi connectivity index (χ3v) is 3.35. The van der Waals surface area contributed by atoms with E-state index in [1.54, 1.807) is 18.2 Å². The van der Waals surface area contributed by atoms with Crippen LogP contribution in [-0.2, 0) is 5.88 Å². The lowest BCUT2D eigenvalue weighted by Crippen LogP contribution is -1.99. The molecule has 3 aromatic rings. The molecule has 0 N–H and O–H groups in total. The topological polar surface area (TPSA) is 17.8 Å². The highest BCUT2D eigenvalue weighted by Gasteiger charge is 2.12. The van der Waals surface area contributed by atoms with Crippen LogP contribution in [0.4, 0.5) is 4.39 Å². The molecule has 0 radical (unpaired) electrons. The predicted molar refractivity (Wildman–Crippen MR) is 75.6 cm³/mol. The molecule has 0 aliphatic carbocycles. The van der Waals surface area contributed by atoms with Gasteiger partial charge in [0.2, 0.25) is 0 Å². The highest BCUT2D eigenvalue weighted by Crippen LogP contribution is 2.25. The molecule has 0 unspecified atom stereocenters. The molecule has 0 fully saturated rings. The van der Waals surface area contributed by atoms with Gasteiger partial charge in [-0.1, -0.05) is 17.7 Å². The second-order valence-electron chi connectivity index (χ2n) is 4.11. The van der Waals surface area contributed by atoms with Crippen LogP contribution in [0.5, 0.6) is 0 Å². The Bertz CT molecular complexity index is 752. The maximum absolute atomic E-state index is 13.4. The molecule has 2 aromatic carbocycles. The summed E-state index contributed by atoms with van der Waals surface area (Å²) in [6.07, 6.45) is 0. The van der Waals surface area contributed by atoms with Gasteiger partial charge in [-0.25, -0.2) is 9.37 Å². The van der Waals surface area contributed by atoms with E-state index in [0.29, 0.717) is 16.5 Å². The minimum Gasteiger partial charge on any atom is -0.295 e. The zero-order chi connectivity index (χ0) is 13.4. The normalized spacial score (nSPS) is 11.1.